The second-order valence-electron chi connectivity index (χ2n) is 8.91. The molecule has 1 aliphatic heterocycles. The lowest BCUT2D eigenvalue weighted by Gasteiger charge is -2.28. The topological polar surface area (TPSA) is 122 Å². The Bertz CT molecular complexity index is 1680. The van der Waals surface area contributed by atoms with Crippen LogP contribution in [0, 0.1) is 23.0 Å². The molecule has 5 rings (SSSR count). The van der Waals surface area contributed by atoms with Crippen molar-refractivity contribution in [3.63, 3.8) is 0 Å². The minimum Gasteiger partial charge on any atom is -0.475 e. The van der Waals surface area contributed by atoms with E-state index < -0.39 is 80.0 Å². The first-order chi connectivity index (χ1) is 18.3. The number of nitriles is 1. The summed E-state index contributed by atoms with van der Waals surface area (Å²) in [7, 11) is 0. The van der Waals surface area contributed by atoms with Gasteiger partial charge in [-0.2, -0.15) is 18.4 Å². The van der Waals surface area contributed by atoms with E-state index in [2.05, 4.69) is 5.32 Å². The van der Waals surface area contributed by atoms with Crippen molar-refractivity contribution >= 4 is 34.9 Å². The molecule has 1 saturated carbocycles. The summed E-state index contributed by atoms with van der Waals surface area (Å²) in [5.41, 5.74) is -1.85. The summed E-state index contributed by atoms with van der Waals surface area (Å²) in [4.78, 5) is 38.6. The van der Waals surface area contributed by atoms with Crippen molar-refractivity contribution in [1.29, 1.82) is 5.26 Å². The number of carbonyl (C=O) groups is 3. The van der Waals surface area contributed by atoms with Crippen LogP contribution in [0.15, 0.2) is 36.4 Å². The maximum atomic E-state index is 15.5. The molecular weight excluding hydrogens is 549 g/mol. The molecular formula is C26H13ClF5N3O4. The van der Waals surface area contributed by atoms with Gasteiger partial charge in [-0.05, 0) is 36.4 Å². The van der Waals surface area contributed by atoms with Crippen molar-refractivity contribution < 1.29 is 41.1 Å². The number of amides is 2. The number of fused-ring (bicyclic) bond motifs is 1. The van der Waals surface area contributed by atoms with E-state index in [1.807, 2.05) is 0 Å². The first-order valence-corrected chi connectivity index (χ1v) is 11.5. The summed E-state index contributed by atoms with van der Waals surface area (Å²) in [6, 6.07) is 5.86. The Morgan fingerprint density at radius 3 is 2.38 bits per heavy atom. The van der Waals surface area contributed by atoms with Crippen LogP contribution in [-0.2, 0) is 11.0 Å². The van der Waals surface area contributed by atoms with E-state index in [1.54, 1.807) is 6.07 Å². The minimum atomic E-state index is -5.06. The molecule has 3 aromatic carbocycles. The third kappa shape index (κ3) is 4.24. The van der Waals surface area contributed by atoms with E-state index in [1.165, 1.54) is 0 Å². The van der Waals surface area contributed by atoms with Gasteiger partial charge in [0.1, 0.15) is 29.1 Å². The van der Waals surface area contributed by atoms with Crippen molar-refractivity contribution in [2.75, 3.05) is 5.32 Å². The average molecular weight is 562 g/mol. The molecule has 0 saturated heterocycles. The average Bonchev–Trinajstić information content (AvgIpc) is 3.64. The number of ketones is 1. The van der Waals surface area contributed by atoms with E-state index >= 15 is 4.39 Å². The van der Waals surface area contributed by atoms with Gasteiger partial charge in [0.15, 0.2) is 11.4 Å². The first kappa shape index (κ1) is 26.1. The predicted octanol–water partition coefficient (Wildman–Crippen LogP) is 5.37. The molecule has 0 atom stereocenters. The fraction of sp³-hybridized carbons (Fsp3) is 0.154. The SMILES string of the molecule is N#Cc1c2c(cc(-c3c(F)cc(C(F)(F)F)cc3C(N)=O)c1C(=O)c1cc(F)ccc1Cl)OC1(CC1)C(=O)N2. The van der Waals surface area contributed by atoms with Gasteiger partial charge in [0.25, 0.3) is 5.91 Å². The Balaban J connectivity index is 1.89. The van der Waals surface area contributed by atoms with Crippen LogP contribution in [0.2, 0.25) is 5.02 Å². The molecule has 1 spiro atoms. The molecule has 13 heteroatoms. The van der Waals surface area contributed by atoms with E-state index in [4.69, 9.17) is 22.1 Å². The van der Waals surface area contributed by atoms with Gasteiger partial charge in [0.05, 0.1) is 27.3 Å². The van der Waals surface area contributed by atoms with Crippen LogP contribution in [0.4, 0.5) is 27.6 Å². The zero-order chi connectivity index (χ0) is 28.4. The highest BCUT2D eigenvalue weighted by Gasteiger charge is 2.56. The Hall–Kier alpha value is -4.50. The predicted molar refractivity (Wildman–Crippen MR) is 126 cm³/mol. The first-order valence-electron chi connectivity index (χ1n) is 11.1. The number of benzene rings is 3. The second-order valence-corrected chi connectivity index (χ2v) is 9.31. The molecule has 1 heterocycles. The number of nitrogens with two attached hydrogens (primary N) is 1. The number of carbonyl (C=O) groups excluding carboxylic acids is 3. The van der Waals surface area contributed by atoms with Gasteiger partial charge in [0, 0.05) is 29.5 Å². The third-order valence-electron chi connectivity index (χ3n) is 6.42. The highest BCUT2D eigenvalue weighted by molar-refractivity contribution is 6.35. The molecule has 2 aliphatic rings. The van der Waals surface area contributed by atoms with Crippen molar-refractivity contribution in [2.45, 2.75) is 24.6 Å². The Morgan fingerprint density at radius 2 is 1.79 bits per heavy atom. The van der Waals surface area contributed by atoms with Gasteiger partial charge in [-0.15, -0.1) is 0 Å². The lowest BCUT2D eigenvalue weighted by molar-refractivity contribution is -0.137. The number of nitrogens with zero attached hydrogens (tertiary/aromatic N) is 1. The lowest BCUT2D eigenvalue weighted by atomic mass is 9.85. The summed E-state index contributed by atoms with van der Waals surface area (Å²) in [6.45, 7) is 0. The molecule has 198 valence electrons. The monoisotopic (exact) mass is 561 g/mol. The number of primary amides is 1. The Labute approximate surface area is 220 Å². The zero-order valence-corrected chi connectivity index (χ0v) is 20.1. The second kappa shape index (κ2) is 8.78. The van der Waals surface area contributed by atoms with E-state index in [9.17, 15) is 37.2 Å². The Morgan fingerprint density at radius 1 is 1.10 bits per heavy atom. The van der Waals surface area contributed by atoms with Crippen LogP contribution < -0.4 is 15.8 Å². The van der Waals surface area contributed by atoms with Crippen LogP contribution in [0.25, 0.3) is 11.1 Å². The number of nitrogens with one attached hydrogen (secondary N) is 1. The third-order valence-corrected chi connectivity index (χ3v) is 6.75. The molecule has 3 N–H and O–H groups in total. The molecule has 3 aromatic rings. The number of hydrogen-bond donors (Lipinski definition) is 2. The van der Waals surface area contributed by atoms with E-state index in [-0.39, 0.29) is 22.5 Å². The summed E-state index contributed by atoms with van der Waals surface area (Å²) < 4.78 is 75.5. The van der Waals surface area contributed by atoms with Gasteiger partial charge >= 0.3 is 6.18 Å². The van der Waals surface area contributed by atoms with Crippen molar-refractivity contribution in [1.82, 2.24) is 0 Å². The fourth-order valence-corrected chi connectivity index (χ4v) is 4.58. The van der Waals surface area contributed by atoms with E-state index in [0.29, 0.717) is 18.9 Å². The quantitative estimate of drug-likeness (QED) is 0.328. The number of hydrogen-bond acceptors (Lipinski definition) is 5. The molecule has 2 amide bonds. The van der Waals surface area contributed by atoms with Gasteiger partial charge in [-0.3, -0.25) is 14.4 Å². The zero-order valence-electron chi connectivity index (χ0n) is 19.3. The van der Waals surface area contributed by atoms with Gasteiger partial charge in [0.2, 0.25) is 5.91 Å². The normalized spacial score (nSPS) is 15.2. The van der Waals surface area contributed by atoms with Crippen molar-refractivity contribution in [3.8, 4) is 22.9 Å². The number of ether oxygens (including phenoxy) is 1. The van der Waals surface area contributed by atoms with Crippen LogP contribution in [0.3, 0.4) is 0 Å². The van der Waals surface area contributed by atoms with Crippen molar-refractivity contribution in [3.05, 3.63) is 80.9 Å². The van der Waals surface area contributed by atoms with Crippen LogP contribution >= 0.6 is 11.6 Å². The van der Waals surface area contributed by atoms with Crippen LogP contribution in [0.1, 0.15) is 50.2 Å². The molecule has 0 radical (unpaired) electrons. The molecule has 1 aliphatic carbocycles. The van der Waals surface area contributed by atoms with Crippen LogP contribution in [-0.4, -0.2) is 23.2 Å². The number of alkyl halides is 3. The molecule has 1 fully saturated rings. The van der Waals surface area contributed by atoms with Crippen LogP contribution in [0.5, 0.6) is 5.75 Å². The number of rotatable bonds is 4. The summed E-state index contributed by atoms with van der Waals surface area (Å²) in [5, 5.41) is 12.3. The molecule has 0 bridgehead atoms. The smallest absolute Gasteiger partial charge is 0.416 e. The van der Waals surface area contributed by atoms with Crippen molar-refractivity contribution in [2.24, 2.45) is 5.73 Å². The summed E-state index contributed by atoms with van der Waals surface area (Å²) in [6.07, 6.45) is -4.46. The Kier molecular flexibility index (Phi) is 5.88. The molecule has 7 nitrogen and oxygen atoms in total. The molecule has 0 unspecified atom stereocenters. The molecule has 0 aromatic heterocycles. The van der Waals surface area contributed by atoms with Gasteiger partial charge in [-0.25, -0.2) is 8.78 Å². The highest BCUT2D eigenvalue weighted by Crippen LogP contribution is 2.51. The minimum absolute atomic E-state index is 0.0989. The fourth-order valence-electron chi connectivity index (χ4n) is 4.38. The standard InChI is InChI=1S/C26H13ClF5N3O4/c27-16-2-1-11(28)7-12(16)22(36)20-13(19-14(23(34)37)5-10(6-17(19)29)26(30,31)32)8-18-21(15(20)9-33)35-24(38)25(39-18)3-4-25/h1-2,5-8H,3-4H2,(H2,34,37)(H,35,38). The maximum Gasteiger partial charge on any atom is 0.416 e. The summed E-state index contributed by atoms with van der Waals surface area (Å²) in [5.74, 6) is -5.92. The van der Waals surface area contributed by atoms with Gasteiger partial charge < -0.3 is 15.8 Å². The van der Waals surface area contributed by atoms with E-state index in [0.717, 1.165) is 24.3 Å². The number of anilines is 1. The number of halogens is 6. The summed E-state index contributed by atoms with van der Waals surface area (Å²) >= 11 is 6.09. The molecule has 39 heavy (non-hydrogen) atoms. The maximum absolute atomic E-state index is 15.5. The lowest BCUT2D eigenvalue weighted by Crippen LogP contribution is -2.39. The van der Waals surface area contributed by atoms with Gasteiger partial charge in [-0.1, -0.05) is 11.6 Å². The highest BCUT2D eigenvalue weighted by atomic mass is 35.5. The largest absolute Gasteiger partial charge is 0.475 e.